The van der Waals surface area contributed by atoms with E-state index in [4.69, 9.17) is 0 Å². The van der Waals surface area contributed by atoms with Gasteiger partial charge in [0.2, 0.25) is 11.8 Å². The molecule has 0 aromatic heterocycles. The van der Waals surface area contributed by atoms with Crippen LogP contribution in [0.1, 0.15) is 36.7 Å². The zero-order valence-electron chi connectivity index (χ0n) is 18.5. The van der Waals surface area contributed by atoms with Crippen molar-refractivity contribution in [1.29, 1.82) is 0 Å². The number of nitrogens with zero attached hydrogens (tertiary/aromatic N) is 2. The highest BCUT2D eigenvalue weighted by molar-refractivity contribution is 5.94. The monoisotopic (exact) mass is 421 g/mol. The van der Waals surface area contributed by atoms with Gasteiger partial charge >= 0.3 is 0 Å². The minimum Gasteiger partial charge on any atom is -0.368 e. The van der Waals surface area contributed by atoms with Crippen LogP contribution >= 0.6 is 0 Å². The minimum absolute atomic E-state index is 0.00405. The highest BCUT2D eigenvalue weighted by Crippen LogP contribution is 2.19. The van der Waals surface area contributed by atoms with E-state index < -0.39 is 6.04 Å². The van der Waals surface area contributed by atoms with Gasteiger partial charge in [0.15, 0.2) is 5.78 Å². The van der Waals surface area contributed by atoms with Crippen LogP contribution < -0.4 is 10.2 Å². The normalized spacial score (nSPS) is 15.0. The van der Waals surface area contributed by atoms with Gasteiger partial charge < -0.3 is 15.1 Å². The lowest BCUT2D eigenvalue weighted by Gasteiger charge is -2.38. The van der Waals surface area contributed by atoms with Crippen molar-refractivity contribution >= 4 is 23.3 Å². The zero-order chi connectivity index (χ0) is 22.4. The molecule has 1 N–H and O–H groups in total. The summed E-state index contributed by atoms with van der Waals surface area (Å²) >= 11 is 0. The molecule has 2 aromatic rings. The fourth-order valence-electron chi connectivity index (χ4n) is 3.81. The molecule has 3 rings (SSSR count). The van der Waals surface area contributed by atoms with Gasteiger partial charge in [0.25, 0.3) is 0 Å². The van der Waals surface area contributed by atoms with E-state index in [1.807, 2.05) is 73.3 Å². The molecule has 6 heteroatoms. The first-order valence-corrected chi connectivity index (χ1v) is 10.8. The predicted octanol–water partition coefficient (Wildman–Crippen LogP) is 2.92. The molecule has 0 bridgehead atoms. The molecule has 2 aromatic carbocycles. The molecule has 1 heterocycles. The van der Waals surface area contributed by atoms with Crippen molar-refractivity contribution in [3.63, 3.8) is 0 Å². The Morgan fingerprint density at radius 3 is 2.06 bits per heavy atom. The Hall–Kier alpha value is -3.15. The third-order valence-corrected chi connectivity index (χ3v) is 5.69. The van der Waals surface area contributed by atoms with Gasteiger partial charge in [0.1, 0.15) is 6.04 Å². The van der Waals surface area contributed by atoms with Crippen LogP contribution in [0.3, 0.4) is 0 Å². The van der Waals surface area contributed by atoms with E-state index in [-0.39, 0.29) is 29.9 Å². The number of Topliss-reactive ketones (excluding diaryl/α,β-unsaturated/α-hetero) is 1. The summed E-state index contributed by atoms with van der Waals surface area (Å²) < 4.78 is 0. The molecular weight excluding hydrogens is 390 g/mol. The Kier molecular flexibility index (Phi) is 7.45. The molecule has 0 saturated carbocycles. The number of anilines is 1. The zero-order valence-corrected chi connectivity index (χ0v) is 18.5. The lowest BCUT2D eigenvalue weighted by atomic mass is 10.0. The third kappa shape index (κ3) is 5.94. The molecule has 31 heavy (non-hydrogen) atoms. The number of ketones is 1. The molecule has 6 nitrogen and oxygen atoms in total. The average molecular weight is 422 g/mol. The summed E-state index contributed by atoms with van der Waals surface area (Å²) in [6.45, 7) is 8.11. The van der Waals surface area contributed by atoms with Crippen LogP contribution in [-0.2, 0) is 16.0 Å². The van der Waals surface area contributed by atoms with E-state index in [0.717, 1.165) is 11.3 Å². The van der Waals surface area contributed by atoms with Gasteiger partial charge in [-0.3, -0.25) is 14.4 Å². The molecule has 1 saturated heterocycles. The van der Waals surface area contributed by atoms with E-state index in [0.29, 0.717) is 31.7 Å². The highest BCUT2D eigenvalue weighted by atomic mass is 16.2. The molecule has 1 aliphatic heterocycles. The SMILES string of the molecule is CC(=O)c1ccc(N2CCN(C(=O)C(NC(=O)Cc3ccccc3)C(C)C)CC2)cc1. The number of benzene rings is 2. The number of hydrogen-bond donors (Lipinski definition) is 1. The van der Waals surface area contributed by atoms with Crippen molar-refractivity contribution in [2.45, 2.75) is 33.2 Å². The van der Waals surface area contributed by atoms with Gasteiger partial charge in [-0.05, 0) is 42.7 Å². The molecule has 164 valence electrons. The molecule has 1 unspecified atom stereocenters. The van der Waals surface area contributed by atoms with E-state index in [1.54, 1.807) is 6.92 Å². The van der Waals surface area contributed by atoms with Crippen molar-refractivity contribution in [3.8, 4) is 0 Å². The van der Waals surface area contributed by atoms with Crippen LogP contribution in [0, 0.1) is 5.92 Å². The first-order chi connectivity index (χ1) is 14.8. The van der Waals surface area contributed by atoms with Crippen molar-refractivity contribution in [2.24, 2.45) is 5.92 Å². The van der Waals surface area contributed by atoms with Crippen molar-refractivity contribution in [3.05, 3.63) is 65.7 Å². The Bertz CT molecular complexity index is 901. The highest BCUT2D eigenvalue weighted by Gasteiger charge is 2.30. The van der Waals surface area contributed by atoms with E-state index in [1.165, 1.54) is 0 Å². The van der Waals surface area contributed by atoms with Crippen molar-refractivity contribution < 1.29 is 14.4 Å². The summed E-state index contributed by atoms with van der Waals surface area (Å²) in [5, 5.41) is 2.95. The first kappa shape index (κ1) is 22.5. The summed E-state index contributed by atoms with van der Waals surface area (Å²) in [5.41, 5.74) is 2.68. The molecule has 1 fully saturated rings. The first-order valence-electron chi connectivity index (χ1n) is 10.8. The van der Waals surface area contributed by atoms with Gasteiger partial charge in [0, 0.05) is 37.4 Å². The summed E-state index contributed by atoms with van der Waals surface area (Å²) in [6, 6.07) is 16.6. The van der Waals surface area contributed by atoms with E-state index in [9.17, 15) is 14.4 Å². The van der Waals surface area contributed by atoms with Gasteiger partial charge in [-0.15, -0.1) is 0 Å². The lowest BCUT2D eigenvalue weighted by Crippen LogP contribution is -2.56. The van der Waals surface area contributed by atoms with Crippen LogP contribution in [0.5, 0.6) is 0 Å². The topological polar surface area (TPSA) is 69.7 Å². The lowest BCUT2D eigenvalue weighted by molar-refractivity contribution is -0.137. The number of piperazine rings is 1. The maximum atomic E-state index is 13.1. The second kappa shape index (κ2) is 10.2. The van der Waals surface area contributed by atoms with Crippen LogP contribution in [0.25, 0.3) is 0 Å². The third-order valence-electron chi connectivity index (χ3n) is 5.69. The average Bonchev–Trinajstić information content (AvgIpc) is 2.77. The number of carbonyl (C=O) groups is 3. The van der Waals surface area contributed by atoms with Gasteiger partial charge in [0.05, 0.1) is 6.42 Å². The predicted molar refractivity (Wildman–Crippen MR) is 122 cm³/mol. The molecular formula is C25H31N3O3. The quantitative estimate of drug-likeness (QED) is 0.698. The molecule has 0 aliphatic carbocycles. The van der Waals surface area contributed by atoms with Gasteiger partial charge in [-0.2, -0.15) is 0 Å². The maximum Gasteiger partial charge on any atom is 0.245 e. The Morgan fingerprint density at radius 1 is 0.903 bits per heavy atom. The fourth-order valence-corrected chi connectivity index (χ4v) is 3.81. The largest absolute Gasteiger partial charge is 0.368 e. The second-order valence-electron chi connectivity index (χ2n) is 8.37. The van der Waals surface area contributed by atoms with Crippen molar-refractivity contribution in [1.82, 2.24) is 10.2 Å². The van der Waals surface area contributed by atoms with Crippen LogP contribution in [0.15, 0.2) is 54.6 Å². The molecule has 1 atom stereocenters. The maximum absolute atomic E-state index is 13.1. The Labute approximate surface area is 184 Å². The number of nitrogens with one attached hydrogen (secondary N) is 1. The number of rotatable bonds is 7. The summed E-state index contributed by atoms with van der Waals surface area (Å²) in [4.78, 5) is 41.2. The second-order valence-corrected chi connectivity index (χ2v) is 8.37. The molecule has 1 aliphatic rings. The standard InChI is InChI=1S/C25H31N3O3/c1-18(2)24(26-23(30)17-20-7-5-4-6-8-20)25(31)28-15-13-27(14-16-28)22-11-9-21(10-12-22)19(3)29/h4-12,18,24H,13-17H2,1-3H3,(H,26,30). The van der Waals surface area contributed by atoms with E-state index >= 15 is 0 Å². The Morgan fingerprint density at radius 2 is 1.52 bits per heavy atom. The van der Waals surface area contributed by atoms with Crippen LogP contribution in [0.4, 0.5) is 5.69 Å². The summed E-state index contributed by atoms with van der Waals surface area (Å²) in [5.74, 6) is -0.106. The minimum atomic E-state index is -0.530. The van der Waals surface area contributed by atoms with Gasteiger partial charge in [-0.25, -0.2) is 0 Å². The van der Waals surface area contributed by atoms with Gasteiger partial charge in [-0.1, -0.05) is 44.2 Å². The molecule has 0 radical (unpaired) electrons. The Balaban J connectivity index is 1.56. The van der Waals surface area contributed by atoms with Crippen LogP contribution in [-0.4, -0.2) is 54.7 Å². The number of amides is 2. The van der Waals surface area contributed by atoms with E-state index in [2.05, 4.69) is 10.2 Å². The number of carbonyl (C=O) groups excluding carboxylic acids is 3. The molecule has 2 amide bonds. The van der Waals surface area contributed by atoms with Crippen molar-refractivity contribution in [2.75, 3.05) is 31.1 Å². The summed E-state index contributed by atoms with van der Waals surface area (Å²) in [7, 11) is 0. The fraction of sp³-hybridized carbons (Fsp3) is 0.400. The van der Waals surface area contributed by atoms with Crippen LogP contribution in [0.2, 0.25) is 0 Å². The summed E-state index contributed by atoms with van der Waals surface area (Å²) in [6.07, 6.45) is 0.265. The molecule has 0 spiro atoms. The number of hydrogen-bond acceptors (Lipinski definition) is 4. The smallest absolute Gasteiger partial charge is 0.245 e.